The van der Waals surface area contributed by atoms with Crippen molar-refractivity contribution in [3.8, 4) is 5.69 Å². The van der Waals surface area contributed by atoms with Gasteiger partial charge in [0.2, 0.25) is 5.91 Å². The van der Waals surface area contributed by atoms with E-state index >= 15 is 0 Å². The van der Waals surface area contributed by atoms with E-state index in [1.165, 1.54) is 18.3 Å². The maximum absolute atomic E-state index is 13.8. The van der Waals surface area contributed by atoms with Crippen LogP contribution in [0.3, 0.4) is 0 Å². The Balaban J connectivity index is 1.97. The molecule has 1 atom stereocenters. The molecule has 1 unspecified atom stereocenters. The number of hydrogen-bond donors (Lipinski definition) is 2. The second-order valence-electron chi connectivity index (χ2n) is 6.31. The highest BCUT2D eigenvalue weighted by atomic mass is 35.5. The zero-order valence-corrected chi connectivity index (χ0v) is 14.7. The lowest BCUT2D eigenvalue weighted by molar-refractivity contribution is -0.116. The van der Waals surface area contributed by atoms with E-state index in [9.17, 15) is 19.1 Å². The van der Waals surface area contributed by atoms with E-state index in [0.717, 1.165) is 5.56 Å². The third kappa shape index (κ3) is 3.08. The number of carbonyl (C=O) groups is 2. The van der Waals surface area contributed by atoms with Crippen molar-refractivity contribution in [1.82, 2.24) is 4.57 Å². The normalized spacial score (nSPS) is 15.9. The summed E-state index contributed by atoms with van der Waals surface area (Å²) in [6, 6.07) is 12.9. The van der Waals surface area contributed by atoms with Gasteiger partial charge in [-0.3, -0.25) is 4.79 Å². The fourth-order valence-corrected chi connectivity index (χ4v) is 3.57. The molecular weight excluding hydrogens is 371 g/mol. The molecular formula is C20H14ClFN2O3. The number of benzene rings is 2. The predicted octanol–water partition coefficient (Wildman–Crippen LogP) is 4.44. The summed E-state index contributed by atoms with van der Waals surface area (Å²) in [7, 11) is 0. The summed E-state index contributed by atoms with van der Waals surface area (Å²) in [4.78, 5) is 24.0. The molecule has 3 aromatic rings. The van der Waals surface area contributed by atoms with Crippen molar-refractivity contribution in [2.75, 3.05) is 5.32 Å². The third-order valence-electron chi connectivity index (χ3n) is 4.62. The Hall–Kier alpha value is -3.12. The lowest BCUT2D eigenvalue weighted by atomic mass is 9.88. The molecule has 136 valence electrons. The number of nitrogens with one attached hydrogen (secondary N) is 1. The third-order valence-corrected chi connectivity index (χ3v) is 4.87. The number of anilines is 1. The van der Waals surface area contributed by atoms with Crippen molar-refractivity contribution < 1.29 is 19.1 Å². The topological polar surface area (TPSA) is 71.3 Å². The van der Waals surface area contributed by atoms with Gasteiger partial charge >= 0.3 is 5.97 Å². The summed E-state index contributed by atoms with van der Waals surface area (Å²) in [5.74, 6) is -2.27. The molecule has 0 radical (unpaired) electrons. The first-order chi connectivity index (χ1) is 12.9. The van der Waals surface area contributed by atoms with Crippen LogP contribution in [-0.4, -0.2) is 21.6 Å². The smallest absolute Gasteiger partial charge is 0.339 e. The maximum atomic E-state index is 13.8. The second kappa shape index (κ2) is 6.55. The summed E-state index contributed by atoms with van der Waals surface area (Å²) in [6.45, 7) is 0. The van der Waals surface area contributed by atoms with Gasteiger partial charge in [-0.1, -0.05) is 29.8 Å². The van der Waals surface area contributed by atoms with Crippen LogP contribution in [0.5, 0.6) is 0 Å². The highest BCUT2D eigenvalue weighted by molar-refractivity contribution is 6.30. The minimum atomic E-state index is -1.17. The van der Waals surface area contributed by atoms with Crippen molar-refractivity contribution in [2.24, 2.45) is 0 Å². The van der Waals surface area contributed by atoms with E-state index in [1.54, 1.807) is 41.0 Å². The standard InChI is InChI=1S/C20H14ClFN2O3/c21-12-6-4-11(5-7-12)15-9-17(25)23-18-16(20(26)27)10-24(19(15)18)14-3-1-2-13(22)8-14/h1-8,10,15H,9H2,(H,23,25)(H,26,27). The van der Waals surface area contributed by atoms with Gasteiger partial charge in [-0.2, -0.15) is 0 Å². The molecule has 0 spiro atoms. The fraction of sp³-hybridized carbons (Fsp3) is 0.100. The molecule has 1 aromatic heterocycles. The van der Waals surface area contributed by atoms with E-state index in [0.29, 0.717) is 16.4 Å². The van der Waals surface area contributed by atoms with Gasteiger partial charge in [-0.15, -0.1) is 0 Å². The average molecular weight is 385 g/mol. The quantitative estimate of drug-likeness (QED) is 0.701. The zero-order valence-electron chi connectivity index (χ0n) is 13.9. The molecule has 2 aromatic carbocycles. The minimum absolute atomic E-state index is 0.0405. The van der Waals surface area contributed by atoms with Crippen molar-refractivity contribution in [2.45, 2.75) is 12.3 Å². The number of carboxylic acid groups (broad SMARTS) is 1. The summed E-state index contributed by atoms with van der Waals surface area (Å²) in [5, 5.41) is 12.8. The van der Waals surface area contributed by atoms with Gasteiger partial charge in [-0.05, 0) is 35.9 Å². The molecule has 4 rings (SSSR count). The van der Waals surface area contributed by atoms with Gasteiger partial charge in [0, 0.05) is 29.2 Å². The van der Waals surface area contributed by atoms with Crippen LogP contribution in [0.15, 0.2) is 54.7 Å². The molecule has 5 nitrogen and oxygen atoms in total. The van der Waals surface area contributed by atoms with Crippen LogP contribution < -0.4 is 5.32 Å². The molecule has 0 saturated heterocycles. The van der Waals surface area contributed by atoms with Crippen LogP contribution in [0.1, 0.15) is 34.0 Å². The van der Waals surface area contributed by atoms with E-state index < -0.39 is 11.8 Å². The maximum Gasteiger partial charge on any atom is 0.339 e. The average Bonchev–Trinajstić information content (AvgIpc) is 3.01. The Morgan fingerprint density at radius 3 is 2.63 bits per heavy atom. The zero-order chi connectivity index (χ0) is 19.1. The first-order valence-electron chi connectivity index (χ1n) is 8.24. The highest BCUT2D eigenvalue weighted by Crippen LogP contribution is 2.41. The number of carbonyl (C=O) groups excluding carboxylic acids is 1. The van der Waals surface area contributed by atoms with Crippen molar-refractivity contribution in [1.29, 1.82) is 0 Å². The number of fused-ring (bicyclic) bond motifs is 1. The van der Waals surface area contributed by atoms with Gasteiger partial charge in [0.05, 0.1) is 11.4 Å². The monoisotopic (exact) mass is 384 g/mol. The van der Waals surface area contributed by atoms with Crippen molar-refractivity contribution in [3.63, 3.8) is 0 Å². The van der Waals surface area contributed by atoms with Gasteiger partial charge in [-0.25, -0.2) is 9.18 Å². The largest absolute Gasteiger partial charge is 0.478 e. The van der Waals surface area contributed by atoms with Crippen molar-refractivity contribution >= 4 is 29.2 Å². The summed E-state index contributed by atoms with van der Waals surface area (Å²) in [5.41, 5.74) is 2.10. The minimum Gasteiger partial charge on any atom is -0.478 e. The number of rotatable bonds is 3. The van der Waals surface area contributed by atoms with E-state index in [2.05, 4.69) is 5.32 Å². The second-order valence-corrected chi connectivity index (χ2v) is 6.75. The number of carboxylic acids is 1. The van der Waals surface area contributed by atoms with Crippen LogP contribution in [0.4, 0.5) is 10.1 Å². The molecule has 0 saturated carbocycles. The molecule has 1 aliphatic heterocycles. The Bertz CT molecular complexity index is 1060. The first kappa shape index (κ1) is 17.3. The molecule has 1 amide bonds. The van der Waals surface area contributed by atoms with Crippen molar-refractivity contribution in [3.05, 3.63) is 82.4 Å². The lowest BCUT2D eigenvalue weighted by Gasteiger charge is -2.26. The molecule has 1 aliphatic rings. The molecule has 2 heterocycles. The van der Waals surface area contributed by atoms with E-state index in [-0.39, 0.29) is 29.5 Å². The number of aromatic nitrogens is 1. The van der Waals surface area contributed by atoms with Gasteiger partial charge in [0.25, 0.3) is 0 Å². The number of amides is 1. The molecule has 0 bridgehead atoms. The van der Waals surface area contributed by atoms with Crippen LogP contribution in [-0.2, 0) is 4.79 Å². The van der Waals surface area contributed by atoms with Crippen LogP contribution in [0, 0.1) is 5.82 Å². The van der Waals surface area contributed by atoms with E-state index in [1.807, 2.05) is 0 Å². The first-order valence-corrected chi connectivity index (χ1v) is 8.61. The lowest BCUT2D eigenvalue weighted by Crippen LogP contribution is -2.25. The molecule has 27 heavy (non-hydrogen) atoms. The predicted molar refractivity (Wildman–Crippen MR) is 99.2 cm³/mol. The summed E-state index contributed by atoms with van der Waals surface area (Å²) in [6.07, 6.45) is 1.56. The number of aromatic carboxylic acids is 1. The Morgan fingerprint density at radius 2 is 1.96 bits per heavy atom. The summed E-state index contributed by atoms with van der Waals surface area (Å²) >= 11 is 5.97. The van der Waals surface area contributed by atoms with Crippen LogP contribution >= 0.6 is 11.6 Å². The van der Waals surface area contributed by atoms with Crippen LogP contribution in [0.25, 0.3) is 5.69 Å². The fourth-order valence-electron chi connectivity index (χ4n) is 3.44. The Labute approximate surface area is 159 Å². The number of hydrogen-bond acceptors (Lipinski definition) is 2. The molecule has 0 fully saturated rings. The highest BCUT2D eigenvalue weighted by Gasteiger charge is 2.34. The summed E-state index contributed by atoms with van der Waals surface area (Å²) < 4.78 is 15.4. The van der Waals surface area contributed by atoms with Gasteiger partial charge < -0.3 is 15.0 Å². The van der Waals surface area contributed by atoms with Crippen LogP contribution in [0.2, 0.25) is 5.02 Å². The van der Waals surface area contributed by atoms with E-state index in [4.69, 9.17) is 11.6 Å². The Morgan fingerprint density at radius 1 is 1.22 bits per heavy atom. The molecule has 7 heteroatoms. The Kier molecular flexibility index (Phi) is 4.20. The van der Waals surface area contributed by atoms with Gasteiger partial charge in [0.15, 0.2) is 0 Å². The van der Waals surface area contributed by atoms with Gasteiger partial charge in [0.1, 0.15) is 11.4 Å². The number of nitrogens with zero attached hydrogens (tertiary/aromatic N) is 1. The molecule has 0 aliphatic carbocycles. The SMILES string of the molecule is O=C1CC(c2ccc(Cl)cc2)c2c(c(C(=O)O)cn2-c2cccc(F)c2)N1. The molecule has 2 N–H and O–H groups in total. The number of halogens is 2.